The molecule has 0 atom stereocenters. The monoisotopic (exact) mass is 960 g/mol. The van der Waals surface area contributed by atoms with Crippen molar-refractivity contribution in [2.45, 2.75) is 7.43 Å². The lowest BCUT2D eigenvalue weighted by molar-refractivity contribution is 0.426. The van der Waals surface area contributed by atoms with E-state index in [0.29, 0.717) is 5.46 Å². The maximum absolute atomic E-state index is 9.43. The molecule has 0 unspecified atom stereocenters. The Balaban J connectivity index is 0.000000139. The van der Waals surface area contributed by atoms with Gasteiger partial charge in [0.25, 0.3) is 0 Å². The van der Waals surface area contributed by atoms with Gasteiger partial charge in [-0.25, -0.2) is 0 Å². The summed E-state index contributed by atoms with van der Waals surface area (Å²) in [5.74, 6) is 0. The van der Waals surface area contributed by atoms with Crippen molar-refractivity contribution in [3.05, 3.63) is 259 Å². The molecule has 0 saturated heterocycles. The van der Waals surface area contributed by atoms with E-state index in [1.165, 1.54) is 38.6 Å². The van der Waals surface area contributed by atoms with Crippen LogP contribution in [0.25, 0.3) is 66.1 Å². The van der Waals surface area contributed by atoms with Crippen molar-refractivity contribution in [1.29, 1.82) is 0 Å². The number of halogens is 1. The van der Waals surface area contributed by atoms with Gasteiger partial charge in [-0.15, -0.1) is 0 Å². The van der Waals surface area contributed by atoms with E-state index in [1.54, 1.807) is 6.07 Å². The van der Waals surface area contributed by atoms with Crippen molar-refractivity contribution < 1.29 is 10.0 Å². The van der Waals surface area contributed by atoms with Gasteiger partial charge in [0.2, 0.25) is 0 Å². The zero-order valence-corrected chi connectivity index (χ0v) is 38.6. The molecule has 12 rings (SSSR count). The number of hydrogen-bond donors (Lipinski definition) is 4. The van der Waals surface area contributed by atoms with Gasteiger partial charge in [-0.2, -0.15) is 0 Å². The highest BCUT2D eigenvalue weighted by atomic mass is 79.9. The molecule has 10 aromatic carbocycles. The van der Waals surface area contributed by atoms with Crippen LogP contribution in [0.3, 0.4) is 0 Å². The van der Waals surface area contributed by atoms with Gasteiger partial charge in [0.05, 0.1) is 22.1 Å². The lowest BCUT2D eigenvalue weighted by Crippen LogP contribution is -2.29. The van der Waals surface area contributed by atoms with Crippen LogP contribution in [0.15, 0.2) is 259 Å². The maximum Gasteiger partial charge on any atom is 0.488 e. The zero-order valence-electron chi connectivity index (χ0n) is 37.0. The van der Waals surface area contributed by atoms with Crippen molar-refractivity contribution in [1.82, 2.24) is 9.13 Å². The molecule has 336 valence electrons. The predicted molar refractivity (Wildman–Crippen MR) is 297 cm³/mol. The fraction of sp³-hybridized carbons (Fsp3) is 0.0164. The molecule has 0 aliphatic carbocycles. The molecular formula is C61H50BBrN4O2. The predicted octanol–water partition coefficient (Wildman–Crippen LogP) is 15.5. The number of para-hydroxylation sites is 6. The van der Waals surface area contributed by atoms with Crippen molar-refractivity contribution in [2.24, 2.45) is 0 Å². The molecule has 4 N–H and O–H groups in total. The molecule has 2 aromatic heterocycles. The number of nitrogens with zero attached hydrogens (tertiary/aromatic N) is 2. The van der Waals surface area contributed by atoms with E-state index < -0.39 is 7.12 Å². The van der Waals surface area contributed by atoms with Gasteiger partial charge < -0.3 is 29.8 Å². The summed E-state index contributed by atoms with van der Waals surface area (Å²) in [4.78, 5) is 0. The molecule has 12 aromatic rings. The molecular weight excluding hydrogens is 911 g/mol. The molecule has 0 spiro atoms. The third kappa shape index (κ3) is 10.2. The summed E-state index contributed by atoms with van der Waals surface area (Å²) in [6, 6.07) is 87.0. The SMILES string of the molecule is Brc1ccc(Nc2ccccc2)cc1.C.OB(O)c1ccc2c(c1)c1ccccc1n2-c1ccccc1.c1ccc(Nc2ccc(-c3ccc4c(c3)c3ccccc3n4-c3ccccc3)cc2)cc1. The Morgan fingerprint density at radius 3 is 1.17 bits per heavy atom. The Bertz CT molecular complexity index is 3580. The summed E-state index contributed by atoms with van der Waals surface area (Å²) in [5, 5.41) is 30.3. The third-order valence-electron chi connectivity index (χ3n) is 11.9. The summed E-state index contributed by atoms with van der Waals surface area (Å²) in [5.41, 5.74) is 14.2. The largest absolute Gasteiger partial charge is 0.488 e. The smallest absolute Gasteiger partial charge is 0.423 e. The fourth-order valence-corrected chi connectivity index (χ4v) is 8.93. The normalized spacial score (nSPS) is 10.7. The van der Waals surface area contributed by atoms with E-state index >= 15 is 0 Å². The Morgan fingerprint density at radius 2 is 0.696 bits per heavy atom. The van der Waals surface area contributed by atoms with Crippen LogP contribution in [0, 0.1) is 0 Å². The van der Waals surface area contributed by atoms with Crippen molar-refractivity contribution in [3.8, 4) is 22.5 Å². The molecule has 6 nitrogen and oxygen atoms in total. The summed E-state index contributed by atoms with van der Waals surface area (Å²) in [7, 11) is -1.46. The summed E-state index contributed by atoms with van der Waals surface area (Å²) in [6.07, 6.45) is 0. The van der Waals surface area contributed by atoms with Gasteiger partial charge in [-0.05, 0) is 132 Å². The first kappa shape index (κ1) is 46.0. The fourth-order valence-electron chi connectivity index (χ4n) is 8.67. The van der Waals surface area contributed by atoms with Crippen LogP contribution < -0.4 is 16.1 Å². The van der Waals surface area contributed by atoms with Gasteiger partial charge >= 0.3 is 7.12 Å². The van der Waals surface area contributed by atoms with E-state index in [9.17, 15) is 10.0 Å². The molecule has 8 heteroatoms. The first-order valence-electron chi connectivity index (χ1n) is 22.5. The van der Waals surface area contributed by atoms with Gasteiger partial charge in [-0.1, -0.05) is 163 Å². The standard InChI is InChI=1S/C30H22N2.C18H14BNO2.C12H10BrN.CH4/c1-3-9-24(10-4-1)31-25-18-15-22(16-19-25)23-17-20-30-28(21-23)27-13-7-8-14-29(27)32(30)26-11-5-2-6-12-26;21-19(22)13-10-11-18-16(12-13)15-8-4-5-9-17(15)20(18)14-6-2-1-3-7-14;13-10-6-8-12(9-7-10)14-11-4-2-1-3-5-11;/h1-21,31H;1-12,21-22H;1-9,14H;1H4. The number of benzene rings is 10. The lowest BCUT2D eigenvalue weighted by atomic mass is 9.80. The number of aromatic nitrogens is 2. The second-order valence-electron chi connectivity index (χ2n) is 16.3. The van der Waals surface area contributed by atoms with Crippen molar-refractivity contribution >= 4 is 94.9 Å². The highest BCUT2D eigenvalue weighted by Gasteiger charge is 2.17. The van der Waals surface area contributed by atoms with Gasteiger partial charge in [0, 0.05) is 60.1 Å². The minimum atomic E-state index is -1.46. The molecule has 0 aliphatic rings. The van der Waals surface area contributed by atoms with E-state index in [4.69, 9.17) is 0 Å². The van der Waals surface area contributed by atoms with Gasteiger partial charge in [0.1, 0.15) is 0 Å². The lowest BCUT2D eigenvalue weighted by Gasteiger charge is -2.09. The molecule has 0 radical (unpaired) electrons. The highest BCUT2D eigenvalue weighted by Crippen LogP contribution is 2.36. The van der Waals surface area contributed by atoms with E-state index in [0.717, 1.165) is 54.7 Å². The Labute approximate surface area is 411 Å². The molecule has 0 saturated carbocycles. The van der Waals surface area contributed by atoms with Crippen LogP contribution in [0.1, 0.15) is 7.43 Å². The second-order valence-corrected chi connectivity index (χ2v) is 17.2. The average molecular weight is 962 g/mol. The third-order valence-corrected chi connectivity index (χ3v) is 12.4. The molecule has 0 fully saturated rings. The number of nitrogens with one attached hydrogen (secondary N) is 2. The summed E-state index contributed by atoms with van der Waals surface area (Å²) in [6.45, 7) is 0. The number of hydrogen-bond acceptors (Lipinski definition) is 4. The Morgan fingerprint density at radius 1 is 0.333 bits per heavy atom. The topological polar surface area (TPSA) is 74.4 Å². The average Bonchev–Trinajstić information content (AvgIpc) is 3.91. The number of anilines is 4. The van der Waals surface area contributed by atoms with Crippen LogP contribution in [0.4, 0.5) is 22.7 Å². The Hall–Kier alpha value is -8.14. The molecule has 0 aliphatic heterocycles. The maximum atomic E-state index is 9.43. The first-order chi connectivity index (χ1) is 33.5. The van der Waals surface area contributed by atoms with E-state index in [2.05, 4.69) is 169 Å². The zero-order chi connectivity index (χ0) is 46.2. The van der Waals surface area contributed by atoms with Gasteiger partial charge in [0.15, 0.2) is 0 Å². The van der Waals surface area contributed by atoms with Gasteiger partial charge in [-0.3, -0.25) is 0 Å². The van der Waals surface area contributed by atoms with Crippen LogP contribution in [0.5, 0.6) is 0 Å². The summed E-state index contributed by atoms with van der Waals surface area (Å²) >= 11 is 3.40. The minimum Gasteiger partial charge on any atom is -0.423 e. The first-order valence-corrected chi connectivity index (χ1v) is 23.3. The van der Waals surface area contributed by atoms with Crippen LogP contribution >= 0.6 is 15.9 Å². The molecule has 0 bridgehead atoms. The molecule has 0 amide bonds. The van der Waals surface area contributed by atoms with E-state index in [1.807, 2.05) is 115 Å². The van der Waals surface area contributed by atoms with Crippen LogP contribution in [-0.2, 0) is 0 Å². The van der Waals surface area contributed by atoms with Crippen LogP contribution in [0.2, 0.25) is 0 Å². The van der Waals surface area contributed by atoms with Crippen molar-refractivity contribution in [2.75, 3.05) is 10.6 Å². The Kier molecular flexibility index (Phi) is 14.1. The number of fused-ring (bicyclic) bond motifs is 6. The molecule has 2 heterocycles. The quantitative estimate of drug-likeness (QED) is 0.115. The second kappa shape index (κ2) is 21.2. The van der Waals surface area contributed by atoms with Crippen molar-refractivity contribution in [3.63, 3.8) is 0 Å². The molecule has 69 heavy (non-hydrogen) atoms. The summed E-state index contributed by atoms with van der Waals surface area (Å²) < 4.78 is 5.63. The minimum absolute atomic E-state index is 0. The van der Waals surface area contributed by atoms with Crippen LogP contribution in [-0.4, -0.2) is 26.3 Å². The number of rotatable bonds is 8. The highest BCUT2D eigenvalue weighted by molar-refractivity contribution is 9.10. The van der Waals surface area contributed by atoms with E-state index in [-0.39, 0.29) is 7.43 Å².